The summed E-state index contributed by atoms with van der Waals surface area (Å²) in [7, 11) is 0. The predicted molar refractivity (Wildman–Crippen MR) is 66.6 cm³/mol. The van der Waals surface area contributed by atoms with Gasteiger partial charge in [0.2, 0.25) is 0 Å². The summed E-state index contributed by atoms with van der Waals surface area (Å²) in [5, 5.41) is 18.4. The lowest BCUT2D eigenvalue weighted by Gasteiger charge is -2.27. The van der Waals surface area contributed by atoms with E-state index in [-0.39, 0.29) is 23.7 Å². The molecule has 0 aromatic heterocycles. The topological polar surface area (TPSA) is 66.8 Å². The normalized spacial score (nSPS) is 27.2. The Labute approximate surface area is 105 Å². The first-order valence-corrected chi connectivity index (χ1v) is 6.13. The van der Waals surface area contributed by atoms with Crippen LogP contribution in [0.3, 0.4) is 0 Å². The second kappa shape index (κ2) is 6.54. The molecule has 1 saturated carbocycles. The second-order valence-corrected chi connectivity index (χ2v) is 4.88. The molecule has 1 rings (SSSR count). The maximum atomic E-state index is 10.6. The molecule has 0 aromatic carbocycles. The van der Waals surface area contributed by atoms with Gasteiger partial charge in [-0.1, -0.05) is 0 Å². The van der Waals surface area contributed by atoms with E-state index in [0.29, 0.717) is 12.8 Å². The van der Waals surface area contributed by atoms with Crippen LogP contribution in [0.1, 0.15) is 32.1 Å². The van der Waals surface area contributed by atoms with E-state index in [1.54, 1.807) is 0 Å². The number of rotatable bonds is 4. The zero-order valence-corrected chi connectivity index (χ0v) is 10.5. The Bertz CT molecular complexity index is 262. The van der Waals surface area contributed by atoms with Gasteiger partial charge in [-0.05, 0) is 37.9 Å². The average Bonchev–Trinajstić information content (AvgIpc) is 2.20. The Morgan fingerprint density at radius 1 is 1.44 bits per heavy atom. The molecule has 0 saturated heterocycles. The van der Waals surface area contributed by atoms with Crippen molar-refractivity contribution in [1.29, 1.82) is 0 Å². The van der Waals surface area contributed by atoms with Gasteiger partial charge in [-0.15, -0.1) is 12.6 Å². The van der Waals surface area contributed by atoms with Gasteiger partial charge in [0.1, 0.15) is 6.10 Å². The van der Waals surface area contributed by atoms with Gasteiger partial charge in [0.25, 0.3) is 0 Å². The molecule has 1 unspecified atom stereocenters. The van der Waals surface area contributed by atoms with Crippen LogP contribution < -0.4 is 0 Å². The summed E-state index contributed by atoms with van der Waals surface area (Å²) in [5.41, 5.74) is 0. The van der Waals surface area contributed by atoms with E-state index in [1.165, 1.54) is 0 Å². The van der Waals surface area contributed by atoms with Crippen LogP contribution in [-0.2, 0) is 9.53 Å². The highest BCUT2D eigenvalue weighted by molar-refractivity contribution is 7.96. The van der Waals surface area contributed by atoms with Gasteiger partial charge < -0.3 is 14.9 Å². The zero-order chi connectivity index (χ0) is 12.1. The maximum Gasteiger partial charge on any atom is 0.189 e. The Morgan fingerprint density at radius 2 is 2.00 bits per heavy atom. The van der Waals surface area contributed by atoms with E-state index in [0.717, 1.165) is 12.8 Å². The van der Waals surface area contributed by atoms with Crippen molar-refractivity contribution in [2.24, 2.45) is 0 Å². The highest BCUT2D eigenvalue weighted by Crippen LogP contribution is 2.22. The van der Waals surface area contributed by atoms with Gasteiger partial charge in [0, 0.05) is 0 Å². The van der Waals surface area contributed by atoms with E-state index >= 15 is 0 Å². The van der Waals surface area contributed by atoms with Crippen LogP contribution in [-0.4, -0.2) is 38.7 Å². The van der Waals surface area contributed by atoms with Gasteiger partial charge in [0.15, 0.2) is 10.2 Å². The molecule has 0 aliphatic heterocycles. The third-order valence-electron chi connectivity index (χ3n) is 2.57. The quantitative estimate of drug-likeness (QED) is 0.519. The van der Waals surface area contributed by atoms with Crippen LogP contribution >= 0.6 is 24.8 Å². The molecule has 16 heavy (non-hydrogen) atoms. The molecule has 0 aromatic rings. The molecule has 0 bridgehead atoms. The van der Waals surface area contributed by atoms with E-state index in [2.05, 4.69) is 12.6 Å². The summed E-state index contributed by atoms with van der Waals surface area (Å²) in [6.45, 7) is 0. The van der Waals surface area contributed by atoms with Crippen LogP contribution in [0.2, 0.25) is 0 Å². The number of aliphatic hydroxyl groups is 2. The van der Waals surface area contributed by atoms with Crippen LogP contribution in [0.25, 0.3) is 0 Å². The van der Waals surface area contributed by atoms with Crippen molar-refractivity contribution in [3.63, 3.8) is 0 Å². The lowest BCUT2D eigenvalue weighted by atomic mass is 9.95. The number of ether oxygens (including phenoxy) is 1. The number of hydrogen-bond donors (Lipinski definition) is 3. The molecule has 1 atom stereocenters. The van der Waals surface area contributed by atoms with Crippen LogP contribution in [0.15, 0.2) is 0 Å². The minimum atomic E-state index is -1.06. The van der Waals surface area contributed by atoms with Crippen LogP contribution in [0.4, 0.5) is 0 Å². The first kappa shape index (κ1) is 13.9. The molecule has 1 aliphatic carbocycles. The lowest BCUT2D eigenvalue weighted by molar-refractivity contribution is -0.112. The number of aliphatic hydroxyl groups excluding tert-OH is 2. The highest BCUT2D eigenvalue weighted by Gasteiger charge is 2.24. The van der Waals surface area contributed by atoms with Crippen molar-refractivity contribution in [3.05, 3.63) is 0 Å². The SMILES string of the molecule is O=C(S)CC(O)C(=S)OC1CCC(O)CC1. The van der Waals surface area contributed by atoms with Gasteiger partial charge in [0.05, 0.1) is 18.6 Å². The third kappa shape index (κ3) is 4.78. The number of hydrogen-bond acceptors (Lipinski definition) is 5. The molecule has 6 heteroatoms. The number of thiol groups is 1. The molecular formula is C10H16O4S2. The third-order valence-corrected chi connectivity index (χ3v) is 3.12. The van der Waals surface area contributed by atoms with E-state index in [4.69, 9.17) is 17.0 Å². The summed E-state index contributed by atoms with van der Waals surface area (Å²) >= 11 is 8.45. The predicted octanol–water partition coefficient (Wildman–Crippen LogP) is 0.841. The van der Waals surface area contributed by atoms with Crippen molar-refractivity contribution in [1.82, 2.24) is 0 Å². The molecule has 0 spiro atoms. The average molecular weight is 264 g/mol. The summed E-state index contributed by atoms with van der Waals surface area (Å²) in [6, 6.07) is 0. The standard InChI is InChI=1S/C10H16O4S2/c11-6-1-3-7(4-2-6)14-10(16)8(12)5-9(13)15/h6-8,11-12H,1-5H2,(H,13,15). The molecule has 2 N–H and O–H groups in total. The van der Waals surface area contributed by atoms with E-state index in [9.17, 15) is 15.0 Å². The Hall–Kier alpha value is -0.170. The van der Waals surface area contributed by atoms with Gasteiger partial charge in [-0.25, -0.2) is 0 Å². The summed E-state index contributed by atoms with van der Waals surface area (Å²) in [4.78, 5) is 10.6. The maximum absolute atomic E-state index is 10.6. The van der Waals surface area contributed by atoms with Crippen LogP contribution in [0.5, 0.6) is 0 Å². The largest absolute Gasteiger partial charge is 0.481 e. The monoisotopic (exact) mass is 264 g/mol. The van der Waals surface area contributed by atoms with Gasteiger partial charge in [-0.2, -0.15) is 0 Å². The molecule has 4 nitrogen and oxygen atoms in total. The lowest BCUT2D eigenvalue weighted by Crippen LogP contribution is -2.31. The minimum Gasteiger partial charge on any atom is -0.481 e. The Kier molecular flexibility index (Phi) is 5.68. The van der Waals surface area contributed by atoms with Gasteiger partial charge in [-0.3, -0.25) is 4.79 Å². The molecular weight excluding hydrogens is 248 g/mol. The molecule has 0 heterocycles. The molecule has 92 valence electrons. The fourth-order valence-corrected chi connectivity index (χ4v) is 2.05. The van der Waals surface area contributed by atoms with E-state index < -0.39 is 11.2 Å². The first-order chi connectivity index (χ1) is 7.49. The Balaban J connectivity index is 2.31. The highest BCUT2D eigenvalue weighted by atomic mass is 32.1. The fourth-order valence-electron chi connectivity index (χ4n) is 1.65. The summed E-state index contributed by atoms with van der Waals surface area (Å²) in [6.07, 6.45) is 1.33. The first-order valence-electron chi connectivity index (χ1n) is 5.27. The second-order valence-electron chi connectivity index (χ2n) is 3.98. The van der Waals surface area contributed by atoms with Gasteiger partial charge >= 0.3 is 0 Å². The fraction of sp³-hybridized carbons (Fsp3) is 0.800. The molecule has 1 fully saturated rings. The summed E-state index contributed by atoms with van der Waals surface area (Å²) < 4.78 is 5.39. The van der Waals surface area contributed by atoms with Crippen molar-refractivity contribution < 1.29 is 19.7 Å². The molecule has 1 aliphatic rings. The minimum absolute atomic E-state index is 0.0452. The summed E-state index contributed by atoms with van der Waals surface area (Å²) in [5.74, 6) is 0. The smallest absolute Gasteiger partial charge is 0.189 e. The van der Waals surface area contributed by atoms with Crippen molar-refractivity contribution >= 4 is 35.0 Å². The molecule has 0 amide bonds. The molecule has 0 radical (unpaired) electrons. The van der Waals surface area contributed by atoms with Crippen molar-refractivity contribution in [3.8, 4) is 0 Å². The van der Waals surface area contributed by atoms with Crippen molar-refractivity contribution in [2.75, 3.05) is 0 Å². The number of thiocarbonyl (C=S) groups is 1. The van der Waals surface area contributed by atoms with E-state index in [1.807, 2.05) is 0 Å². The van der Waals surface area contributed by atoms with Crippen molar-refractivity contribution in [2.45, 2.75) is 50.4 Å². The number of carbonyl (C=O) groups is 1. The van der Waals surface area contributed by atoms with Crippen LogP contribution in [0, 0.1) is 0 Å². The number of carbonyl (C=O) groups excluding carboxylic acids is 1. The zero-order valence-electron chi connectivity index (χ0n) is 8.83. The Morgan fingerprint density at radius 3 is 2.50 bits per heavy atom.